The summed E-state index contributed by atoms with van der Waals surface area (Å²) in [5, 5.41) is 0.471. The number of ether oxygens (including phenoxy) is 1. The van der Waals surface area contributed by atoms with E-state index >= 15 is 0 Å². The van der Waals surface area contributed by atoms with Crippen LogP contribution in [-0.2, 0) is 6.42 Å². The zero-order valence-electron chi connectivity index (χ0n) is 7.74. The Kier molecular flexibility index (Phi) is 2.11. The van der Waals surface area contributed by atoms with Crippen molar-refractivity contribution in [2.75, 3.05) is 6.61 Å². The first-order valence-corrected chi connectivity index (χ1v) is 5.69. The molecule has 0 amide bonds. The summed E-state index contributed by atoms with van der Waals surface area (Å²) in [6.45, 7) is 0.766. The van der Waals surface area contributed by atoms with Gasteiger partial charge in [-0.3, -0.25) is 0 Å². The Morgan fingerprint density at radius 1 is 1.33 bits per heavy atom. The summed E-state index contributed by atoms with van der Waals surface area (Å²) in [7, 11) is 0. The molecule has 0 N–H and O–H groups in total. The van der Waals surface area contributed by atoms with Crippen LogP contribution in [0.5, 0.6) is 5.75 Å². The minimum atomic E-state index is 0.471. The summed E-state index contributed by atoms with van der Waals surface area (Å²) in [6, 6.07) is 6.01. The van der Waals surface area contributed by atoms with E-state index in [0.29, 0.717) is 5.15 Å². The van der Waals surface area contributed by atoms with Crippen LogP contribution in [0.3, 0.4) is 0 Å². The van der Waals surface area contributed by atoms with Gasteiger partial charge < -0.3 is 4.74 Å². The molecule has 0 saturated heterocycles. The quantitative estimate of drug-likeness (QED) is 0.766. The Bertz CT molecular complexity index is 512. The van der Waals surface area contributed by atoms with Gasteiger partial charge in [0.1, 0.15) is 11.4 Å². The van der Waals surface area contributed by atoms with Crippen molar-refractivity contribution >= 4 is 23.3 Å². The van der Waals surface area contributed by atoms with E-state index in [0.717, 1.165) is 41.8 Å². The summed E-state index contributed by atoms with van der Waals surface area (Å²) in [6.07, 6.45) is 0.957. The van der Waals surface area contributed by atoms with E-state index in [1.807, 2.05) is 12.1 Å². The molecule has 2 aromatic rings. The van der Waals surface area contributed by atoms with E-state index in [9.17, 15) is 0 Å². The lowest BCUT2D eigenvalue weighted by molar-refractivity contribution is 0.357. The van der Waals surface area contributed by atoms with E-state index in [-0.39, 0.29) is 0 Å². The first kappa shape index (κ1) is 9.12. The largest absolute Gasteiger partial charge is 0.493 e. The zero-order chi connectivity index (χ0) is 10.3. The van der Waals surface area contributed by atoms with Crippen molar-refractivity contribution in [1.82, 2.24) is 8.75 Å². The molecule has 1 aliphatic rings. The van der Waals surface area contributed by atoms with Crippen LogP contribution in [0.25, 0.3) is 11.3 Å². The summed E-state index contributed by atoms with van der Waals surface area (Å²) in [4.78, 5) is 0. The van der Waals surface area contributed by atoms with Crippen molar-refractivity contribution in [3.05, 3.63) is 28.9 Å². The monoisotopic (exact) mass is 238 g/mol. The van der Waals surface area contributed by atoms with Crippen LogP contribution in [0.1, 0.15) is 5.56 Å². The number of benzene rings is 1. The van der Waals surface area contributed by atoms with Crippen LogP contribution in [0.2, 0.25) is 5.15 Å². The predicted molar refractivity (Wildman–Crippen MR) is 59.6 cm³/mol. The second-order valence-electron chi connectivity index (χ2n) is 3.32. The highest BCUT2D eigenvalue weighted by Crippen LogP contribution is 2.32. The molecular weight excluding hydrogens is 232 g/mol. The lowest BCUT2D eigenvalue weighted by atomic mass is 10.1. The van der Waals surface area contributed by atoms with Gasteiger partial charge >= 0.3 is 0 Å². The molecule has 1 aromatic carbocycles. The van der Waals surface area contributed by atoms with Crippen LogP contribution in [0.4, 0.5) is 0 Å². The van der Waals surface area contributed by atoms with Crippen molar-refractivity contribution in [3.63, 3.8) is 0 Å². The number of aromatic nitrogens is 2. The van der Waals surface area contributed by atoms with Gasteiger partial charge in [0, 0.05) is 12.0 Å². The minimum absolute atomic E-state index is 0.471. The molecule has 0 spiro atoms. The average molecular weight is 239 g/mol. The van der Waals surface area contributed by atoms with E-state index in [1.54, 1.807) is 0 Å². The number of nitrogens with zero attached hydrogens (tertiary/aromatic N) is 2. The molecule has 1 aromatic heterocycles. The Hall–Kier alpha value is -1.13. The Balaban J connectivity index is 2.11. The summed E-state index contributed by atoms with van der Waals surface area (Å²) in [5.74, 6) is 0.970. The zero-order valence-corrected chi connectivity index (χ0v) is 9.31. The molecule has 76 valence electrons. The van der Waals surface area contributed by atoms with E-state index < -0.39 is 0 Å². The van der Waals surface area contributed by atoms with Crippen LogP contribution in [0, 0.1) is 0 Å². The van der Waals surface area contributed by atoms with Crippen molar-refractivity contribution in [2.45, 2.75) is 6.42 Å². The van der Waals surface area contributed by atoms with Gasteiger partial charge in [-0.15, -0.1) is 0 Å². The molecule has 2 heterocycles. The van der Waals surface area contributed by atoms with E-state index in [1.165, 1.54) is 5.56 Å². The maximum absolute atomic E-state index is 5.93. The SMILES string of the molecule is Clc1nsnc1-c1ccc2c(c1)CCO2. The van der Waals surface area contributed by atoms with Crippen LogP contribution in [0.15, 0.2) is 18.2 Å². The molecule has 15 heavy (non-hydrogen) atoms. The van der Waals surface area contributed by atoms with Crippen molar-refractivity contribution in [3.8, 4) is 17.0 Å². The molecular formula is C10H7ClN2OS. The first-order valence-electron chi connectivity index (χ1n) is 4.59. The number of fused-ring (bicyclic) bond motifs is 1. The lowest BCUT2D eigenvalue weighted by Crippen LogP contribution is -1.85. The normalized spacial score (nSPS) is 13.7. The number of hydrogen-bond acceptors (Lipinski definition) is 4. The molecule has 0 fully saturated rings. The van der Waals surface area contributed by atoms with E-state index in [4.69, 9.17) is 16.3 Å². The van der Waals surface area contributed by atoms with Gasteiger partial charge in [-0.25, -0.2) is 0 Å². The molecule has 5 heteroatoms. The topological polar surface area (TPSA) is 35.0 Å². The van der Waals surface area contributed by atoms with Gasteiger partial charge in [-0.1, -0.05) is 11.6 Å². The molecule has 0 radical (unpaired) electrons. The standard InChI is InChI=1S/C10H7ClN2OS/c11-10-9(12-15-13-10)7-1-2-8-6(5-7)3-4-14-8/h1-2,5H,3-4H2. The fraction of sp³-hybridized carbons (Fsp3) is 0.200. The van der Waals surface area contributed by atoms with Crippen LogP contribution in [-0.4, -0.2) is 15.4 Å². The third kappa shape index (κ3) is 1.50. The molecule has 3 nitrogen and oxygen atoms in total. The second kappa shape index (κ2) is 3.47. The summed E-state index contributed by atoms with van der Waals surface area (Å²) in [5.41, 5.74) is 2.99. The van der Waals surface area contributed by atoms with E-state index in [2.05, 4.69) is 14.8 Å². The number of halogens is 1. The molecule has 1 aliphatic heterocycles. The van der Waals surface area contributed by atoms with Gasteiger partial charge in [-0.05, 0) is 23.8 Å². The fourth-order valence-corrected chi connectivity index (χ4v) is 2.45. The Morgan fingerprint density at radius 3 is 3.07 bits per heavy atom. The first-order chi connectivity index (χ1) is 7.34. The highest BCUT2D eigenvalue weighted by molar-refractivity contribution is 6.99. The Labute approximate surface area is 96.0 Å². The molecule has 0 unspecified atom stereocenters. The van der Waals surface area contributed by atoms with Crippen molar-refractivity contribution in [1.29, 1.82) is 0 Å². The van der Waals surface area contributed by atoms with Gasteiger partial charge in [0.15, 0.2) is 5.15 Å². The lowest BCUT2D eigenvalue weighted by Gasteiger charge is -2.01. The van der Waals surface area contributed by atoms with Gasteiger partial charge in [0.05, 0.1) is 18.3 Å². The maximum atomic E-state index is 5.93. The summed E-state index contributed by atoms with van der Waals surface area (Å²) < 4.78 is 13.6. The second-order valence-corrected chi connectivity index (χ2v) is 4.21. The smallest absolute Gasteiger partial charge is 0.170 e. The molecule has 0 bridgehead atoms. The third-order valence-corrected chi connectivity index (χ3v) is 3.30. The molecule has 0 aliphatic carbocycles. The van der Waals surface area contributed by atoms with Crippen molar-refractivity contribution in [2.24, 2.45) is 0 Å². The number of rotatable bonds is 1. The number of hydrogen-bond donors (Lipinski definition) is 0. The molecule has 0 saturated carbocycles. The van der Waals surface area contributed by atoms with Crippen molar-refractivity contribution < 1.29 is 4.74 Å². The van der Waals surface area contributed by atoms with Gasteiger partial charge in [0.25, 0.3) is 0 Å². The highest BCUT2D eigenvalue weighted by Gasteiger charge is 2.15. The van der Waals surface area contributed by atoms with Gasteiger partial charge in [-0.2, -0.15) is 8.75 Å². The third-order valence-electron chi connectivity index (χ3n) is 2.41. The minimum Gasteiger partial charge on any atom is -0.493 e. The fourth-order valence-electron chi connectivity index (χ4n) is 1.68. The van der Waals surface area contributed by atoms with Crippen LogP contribution >= 0.6 is 23.3 Å². The highest BCUT2D eigenvalue weighted by atomic mass is 35.5. The maximum Gasteiger partial charge on any atom is 0.170 e. The molecule has 0 atom stereocenters. The predicted octanol–water partition coefficient (Wildman–Crippen LogP) is 2.79. The van der Waals surface area contributed by atoms with Crippen LogP contribution < -0.4 is 4.74 Å². The van der Waals surface area contributed by atoms with Gasteiger partial charge in [0.2, 0.25) is 0 Å². The molecule has 3 rings (SSSR count). The average Bonchev–Trinajstić information content (AvgIpc) is 2.84. The summed E-state index contributed by atoms with van der Waals surface area (Å²) >= 11 is 7.06. The Morgan fingerprint density at radius 2 is 2.27 bits per heavy atom.